The molecule has 102 valence electrons. The zero-order valence-electron chi connectivity index (χ0n) is 10.8. The summed E-state index contributed by atoms with van der Waals surface area (Å²) >= 11 is 1.49. The molecule has 18 heavy (non-hydrogen) atoms. The summed E-state index contributed by atoms with van der Waals surface area (Å²) in [6.07, 6.45) is 3.05. The van der Waals surface area contributed by atoms with Gasteiger partial charge in [0.25, 0.3) is 0 Å². The minimum Gasteiger partial charge on any atom is -0.310 e. The van der Waals surface area contributed by atoms with Crippen LogP contribution in [0.15, 0.2) is 16.3 Å². The Hall–Kier alpha value is -0.430. The molecule has 1 aliphatic carbocycles. The van der Waals surface area contributed by atoms with Crippen molar-refractivity contribution in [3.63, 3.8) is 0 Å². The number of thiophene rings is 1. The molecule has 1 aromatic rings. The van der Waals surface area contributed by atoms with Crippen LogP contribution in [0.2, 0.25) is 0 Å². The first-order valence-electron chi connectivity index (χ1n) is 6.31. The van der Waals surface area contributed by atoms with E-state index < -0.39 is 10.0 Å². The van der Waals surface area contributed by atoms with Gasteiger partial charge < -0.3 is 5.32 Å². The molecule has 4 nitrogen and oxygen atoms in total. The molecule has 0 radical (unpaired) electrons. The summed E-state index contributed by atoms with van der Waals surface area (Å²) in [6, 6.07) is 2.19. The van der Waals surface area contributed by atoms with Crippen LogP contribution in [0.4, 0.5) is 0 Å². The monoisotopic (exact) mass is 288 g/mol. The van der Waals surface area contributed by atoms with Gasteiger partial charge in [0.1, 0.15) is 0 Å². The van der Waals surface area contributed by atoms with Crippen molar-refractivity contribution in [3.05, 3.63) is 16.3 Å². The van der Waals surface area contributed by atoms with E-state index in [4.69, 9.17) is 0 Å². The maximum absolute atomic E-state index is 12.2. The quantitative estimate of drug-likeness (QED) is 0.842. The third-order valence-corrected chi connectivity index (χ3v) is 5.75. The highest BCUT2D eigenvalue weighted by Gasteiger charge is 2.26. The lowest BCUT2D eigenvalue weighted by Crippen LogP contribution is -2.39. The fourth-order valence-corrected chi connectivity index (χ4v) is 4.50. The van der Waals surface area contributed by atoms with E-state index in [0.29, 0.717) is 17.5 Å². The van der Waals surface area contributed by atoms with Crippen LogP contribution in [0.3, 0.4) is 0 Å². The van der Waals surface area contributed by atoms with E-state index in [9.17, 15) is 8.42 Å². The van der Waals surface area contributed by atoms with Gasteiger partial charge in [-0.1, -0.05) is 20.3 Å². The molecule has 2 rings (SSSR count). The van der Waals surface area contributed by atoms with E-state index in [1.165, 1.54) is 11.3 Å². The Balaban J connectivity index is 2.09. The summed E-state index contributed by atoms with van der Waals surface area (Å²) in [5.74, 6) is 0. The van der Waals surface area contributed by atoms with Gasteiger partial charge >= 0.3 is 0 Å². The highest BCUT2D eigenvalue weighted by molar-refractivity contribution is 7.89. The van der Waals surface area contributed by atoms with Gasteiger partial charge in [-0.2, -0.15) is 0 Å². The van der Waals surface area contributed by atoms with Crippen molar-refractivity contribution in [3.8, 4) is 0 Å². The molecule has 1 saturated carbocycles. The van der Waals surface area contributed by atoms with Crippen LogP contribution in [0.1, 0.15) is 38.0 Å². The van der Waals surface area contributed by atoms with Crippen LogP contribution in [0, 0.1) is 0 Å². The molecule has 2 N–H and O–H groups in total. The van der Waals surface area contributed by atoms with Crippen molar-refractivity contribution >= 4 is 21.4 Å². The Morgan fingerprint density at radius 2 is 2.17 bits per heavy atom. The SMILES string of the molecule is CC(C)NCc1sccc1S(=O)(=O)NC1CCC1. The molecule has 1 aliphatic rings. The molecule has 1 fully saturated rings. The summed E-state index contributed by atoms with van der Waals surface area (Å²) < 4.78 is 27.2. The van der Waals surface area contributed by atoms with Gasteiger partial charge in [-0.25, -0.2) is 13.1 Å². The van der Waals surface area contributed by atoms with Crippen molar-refractivity contribution in [1.29, 1.82) is 0 Å². The average Bonchev–Trinajstić information content (AvgIpc) is 2.69. The molecule has 1 aromatic heterocycles. The van der Waals surface area contributed by atoms with Gasteiger partial charge in [0, 0.05) is 23.5 Å². The minimum absolute atomic E-state index is 0.140. The Bertz CT molecular complexity index is 490. The molecular formula is C12H20N2O2S2. The first-order chi connectivity index (χ1) is 8.49. The highest BCUT2D eigenvalue weighted by atomic mass is 32.2. The molecule has 0 atom stereocenters. The lowest BCUT2D eigenvalue weighted by molar-refractivity contribution is 0.383. The summed E-state index contributed by atoms with van der Waals surface area (Å²) in [7, 11) is -3.34. The Labute approximate surface area is 113 Å². The van der Waals surface area contributed by atoms with E-state index in [1.807, 2.05) is 19.2 Å². The maximum atomic E-state index is 12.2. The van der Waals surface area contributed by atoms with Crippen LogP contribution in [-0.4, -0.2) is 20.5 Å². The number of sulfonamides is 1. The molecule has 0 saturated heterocycles. The second-order valence-corrected chi connectivity index (χ2v) is 7.68. The summed E-state index contributed by atoms with van der Waals surface area (Å²) in [5.41, 5.74) is 0. The predicted octanol–water partition coefficient (Wildman–Crippen LogP) is 2.08. The third kappa shape index (κ3) is 3.32. The van der Waals surface area contributed by atoms with E-state index in [1.54, 1.807) is 6.07 Å². The minimum atomic E-state index is -3.34. The first-order valence-corrected chi connectivity index (χ1v) is 8.67. The summed E-state index contributed by atoms with van der Waals surface area (Å²) in [4.78, 5) is 1.32. The van der Waals surface area contributed by atoms with Crippen molar-refractivity contribution in [1.82, 2.24) is 10.0 Å². The van der Waals surface area contributed by atoms with Crippen LogP contribution >= 0.6 is 11.3 Å². The fourth-order valence-electron chi connectivity index (χ4n) is 1.80. The van der Waals surface area contributed by atoms with E-state index >= 15 is 0 Å². The normalized spacial score (nSPS) is 17.1. The number of rotatable bonds is 6. The largest absolute Gasteiger partial charge is 0.310 e. The third-order valence-electron chi connectivity index (χ3n) is 3.09. The molecule has 1 heterocycles. The molecule has 0 spiro atoms. The first kappa shape index (κ1) is 14.0. The zero-order chi connectivity index (χ0) is 13.2. The van der Waals surface area contributed by atoms with E-state index in [-0.39, 0.29) is 6.04 Å². The maximum Gasteiger partial charge on any atom is 0.241 e. The lowest BCUT2D eigenvalue weighted by Gasteiger charge is -2.26. The standard InChI is InChI=1S/C12H20N2O2S2/c1-9(2)13-8-11-12(6-7-17-11)18(15,16)14-10-4-3-5-10/h6-7,9-10,13-14H,3-5,8H2,1-2H3. The van der Waals surface area contributed by atoms with Gasteiger partial charge in [-0.15, -0.1) is 11.3 Å². The van der Waals surface area contributed by atoms with Crippen LogP contribution in [0.5, 0.6) is 0 Å². The van der Waals surface area contributed by atoms with Gasteiger partial charge in [-0.05, 0) is 24.3 Å². The van der Waals surface area contributed by atoms with Gasteiger partial charge in [0.2, 0.25) is 10.0 Å². The number of hydrogen-bond donors (Lipinski definition) is 2. The molecule has 6 heteroatoms. The Morgan fingerprint density at radius 1 is 1.44 bits per heavy atom. The molecule has 0 aromatic carbocycles. The van der Waals surface area contributed by atoms with Crippen LogP contribution in [0.25, 0.3) is 0 Å². The topological polar surface area (TPSA) is 58.2 Å². The second kappa shape index (κ2) is 5.69. The van der Waals surface area contributed by atoms with Crippen LogP contribution < -0.4 is 10.0 Å². The van der Waals surface area contributed by atoms with Crippen LogP contribution in [-0.2, 0) is 16.6 Å². The van der Waals surface area contributed by atoms with Crippen molar-refractivity contribution in [2.75, 3.05) is 0 Å². The predicted molar refractivity (Wildman–Crippen MR) is 74.3 cm³/mol. The van der Waals surface area contributed by atoms with Gasteiger partial charge in [0.05, 0.1) is 4.90 Å². The highest BCUT2D eigenvalue weighted by Crippen LogP contribution is 2.25. The lowest BCUT2D eigenvalue weighted by atomic mass is 9.94. The molecule has 0 aliphatic heterocycles. The van der Waals surface area contributed by atoms with Crippen molar-refractivity contribution in [2.24, 2.45) is 0 Å². The smallest absolute Gasteiger partial charge is 0.241 e. The molecule has 0 amide bonds. The Kier molecular flexibility index (Phi) is 4.42. The second-order valence-electron chi connectivity index (χ2n) is 4.99. The van der Waals surface area contributed by atoms with Gasteiger partial charge in [-0.3, -0.25) is 0 Å². The van der Waals surface area contributed by atoms with Gasteiger partial charge in [0.15, 0.2) is 0 Å². The van der Waals surface area contributed by atoms with Crippen molar-refractivity contribution < 1.29 is 8.42 Å². The number of nitrogens with one attached hydrogen (secondary N) is 2. The van der Waals surface area contributed by atoms with Crippen molar-refractivity contribution in [2.45, 2.75) is 56.6 Å². The zero-order valence-corrected chi connectivity index (χ0v) is 12.4. The fraction of sp³-hybridized carbons (Fsp3) is 0.667. The molecular weight excluding hydrogens is 268 g/mol. The summed E-state index contributed by atoms with van der Waals surface area (Å²) in [6.45, 7) is 4.71. The Morgan fingerprint density at radius 3 is 2.72 bits per heavy atom. The molecule has 0 bridgehead atoms. The average molecular weight is 288 g/mol. The molecule has 0 unspecified atom stereocenters. The van der Waals surface area contributed by atoms with E-state index in [0.717, 1.165) is 24.1 Å². The summed E-state index contributed by atoms with van der Waals surface area (Å²) in [5, 5.41) is 5.10. The number of hydrogen-bond acceptors (Lipinski definition) is 4. The van der Waals surface area contributed by atoms with E-state index in [2.05, 4.69) is 10.0 Å².